The highest BCUT2D eigenvalue weighted by molar-refractivity contribution is 8.00. The van der Waals surface area contributed by atoms with Crippen molar-refractivity contribution >= 4 is 23.7 Å². The summed E-state index contributed by atoms with van der Waals surface area (Å²) in [5.74, 6) is -1.82. The first kappa shape index (κ1) is 25.5. The third-order valence-electron chi connectivity index (χ3n) is 6.12. The monoisotopic (exact) mass is 520 g/mol. The molecule has 0 saturated carbocycles. The first-order valence-electron chi connectivity index (χ1n) is 12.1. The van der Waals surface area contributed by atoms with E-state index in [0.717, 1.165) is 4.90 Å². The molecule has 2 fully saturated rings. The maximum absolute atomic E-state index is 12.8. The van der Waals surface area contributed by atoms with Crippen molar-refractivity contribution in [2.75, 3.05) is 13.2 Å². The highest BCUT2D eigenvalue weighted by Gasteiger charge is 2.64. The Morgan fingerprint density at radius 1 is 0.757 bits per heavy atom. The summed E-state index contributed by atoms with van der Waals surface area (Å²) >= 11 is 1.40. The summed E-state index contributed by atoms with van der Waals surface area (Å²) in [5.41, 5.74) is 0.886. The summed E-state index contributed by atoms with van der Waals surface area (Å²) in [6.45, 7) is 3.51. The molecule has 2 aliphatic heterocycles. The van der Waals surface area contributed by atoms with Gasteiger partial charge in [0.05, 0.1) is 11.1 Å². The minimum absolute atomic E-state index is 0.0436. The predicted molar refractivity (Wildman–Crippen MR) is 137 cm³/mol. The van der Waals surface area contributed by atoms with Crippen molar-refractivity contribution in [3.8, 4) is 0 Å². The minimum atomic E-state index is -1.13. The molecular weight excluding hydrogens is 492 g/mol. The number of esters is 2. The standard InChI is InChI=1S/C29H28O7S/c1-28(2)35-24-23(18-32-26(30)20-12-6-3-7-13-20)34-29(25(24)36-28,37-22-16-10-5-11-17-22)19-33-27(31)21-14-8-4-9-15-21/h3-17,23-25H,18-19H2,1-2H3/t23-,24-,25-,29+/m1/s1. The molecule has 7 nitrogen and oxygen atoms in total. The number of ether oxygens (including phenoxy) is 5. The van der Waals surface area contributed by atoms with Crippen molar-refractivity contribution in [3.05, 3.63) is 102 Å². The van der Waals surface area contributed by atoms with Gasteiger partial charge in [0.2, 0.25) is 0 Å². The topological polar surface area (TPSA) is 80.3 Å². The van der Waals surface area contributed by atoms with Crippen LogP contribution in [-0.4, -0.2) is 54.2 Å². The maximum Gasteiger partial charge on any atom is 0.338 e. The number of thioether (sulfide) groups is 1. The molecule has 0 aliphatic carbocycles. The molecule has 0 spiro atoms. The van der Waals surface area contributed by atoms with Gasteiger partial charge in [-0.25, -0.2) is 9.59 Å². The fourth-order valence-electron chi connectivity index (χ4n) is 4.48. The third-order valence-corrected chi connectivity index (χ3v) is 7.42. The van der Waals surface area contributed by atoms with Gasteiger partial charge in [0.25, 0.3) is 0 Å². The quantitative estimate of drug-likeness (QED) is 0.379. The van der Waals surface area contributed by atoms with Crippen molar-refractivity contribution in [2.24, 2.45) is 0 Å². The van der Waals surface area contributed by atoms with Gasteiger partial charge < -0.3 is 23.7 Å². The molecule has 2 aliphatic rings. The van der Waals surface area contributed by atoms with Crippen LogP contribution < -0.4 is 0 Å². The normalized spacial score (nSPS) is 25.8. The largest absolute Gasteiger partial charge is 0.459 e. The molecule has 192 valence electrons. The van der Waals surface area contributed by atoms with Crippen LogP contribution in [0.5, 0.6) is 0 Å². The van der Waals surface area contributed by atoms with Gasteiger partial charge >= 0.3 is 11.9 Å². The first-order valence-corrected chi connectivity index (χ1v) is 12.9. The zero-order valence-electron chi connectivity index (χ0n) is 20.6. The Labute approximate surface area is 220 Å². The van der Waals surface area contributed by atoms with E-state index in [1.54, 1.807) is 48.5 Å². The van der Waals surface area contributed by atoms with E-state index >= 15 is 0 Å². The molecule has 3 aromatic carbocycles. The van der Waals surface area contributed by atoms with Gasteiger partial charge in [-0.2, -0.15) is 0 Å². The fourth-order valence-corrected chi connectivity index (χ4v) is 5.76. The molecule has 3 aromatic rings. The smallest absolute Gasteiger partial charge is 0.338 e. The van der Waals surface area contributed by atoms with Crippen LogP contribution in [0.2, 0.25) is 0 Å². The summed E-state index contributed by atoms with van der Waals surface area (Å²) in [7, 11) is 0. The highest BCUT2D eigenvalue weighted by atomic mass is 32.2. The number of rotatable bonds is 8. The molecule has 8 heteroatoms. The summed E-state index contributed by atoms with van der Waals surface area (Å²) in [6.07, 6.45) is -1.76. The molecule has 0 radical (unpaired) electrons. The van der Waals surface area contributed by atoms with Gasteiger partial charge in [0.15, 0.2) is 10.7 Å². The van der Waals surface area contributed by atoms with Crippen molar-refractivity contribution < 1.29 is 33.3 Å². The number of hydrogen-bond donors (Lipinski definition) is 0. The van der Waals surface area contributed by atoms with E-state index in [1.165, 1.54) is 11.8 Å². The summed E-state index contributed by atoms with van der Waals surface area (Å²) in [5, 5.41) is 0. The van der Waals surface area contributed by atoms with Gasteiger partial charge in [-0.15, -0.1) is 0 Å². The van der Waals surface area contributed by atoms with Crippen LogP contribution in [0.3, 0.4) is 0 Å². The van der Waals surface area contributed by atoms with Crippen molar-refractivity contribution in [1.82, 2.24) is 0 Å². The van der Waals surface area contributed by atoms with Crippen molar-refractivity contribution in [3.63, 3.8) is 0 Å². The van der Waals surface area contributed by atoms with E-state index in [1.807, 2.05) is 56.3 Å². The summed E-state index contributed by atoms with van der Waals surface area (Å²) < 4.78 is 30.5. The molecule has 4 atom stereocenters. The van der Waals surface area contributed by atoms with Crippen molar-refractivity contribution in [1.29, 1.82) is 0 Å². The zero-order valence-corrected chi connectivity index (χ0v) is 21.4. The lowest BCUT2D eigenvalue weighted by Crippen LogP contribution is -2.45. The van der Waals surface area contributed by atoms with Crippen LogP contribution in [0.25, 0.3) is 0 Å². The van der Waals surface area contributed by atoms with E-state index in [-0.39, 0.29) is 13.2 Å². The predicted octanol–water partition coefficient (Wildman–Crippen LogP) is 5.11. The number of hydrogen-bond acceptors (Lipinski definition) is 8. The SMILES string of the molecule is CC1(C)O[C@H]2[C@@H](O1)[C@](COC(=O)c1ccccc1)(Sc1ccccc1)O[C@@H]2COC(=O)c1ccccc1. The Hall–Kier alpha value is -3.17. The van der Waals surface area contributed by atoms with E-state index < -0.39 is 41.0 Å². The molecule has 0 N–H and O–H groups in total. The van der Waals surface area contributed by atoms with Gasteiger partial charge in [-0.1, -0.05) is 66.4 Å². The van der Waals surface area contributed by atoms with Crippen LogP contribution in [0.15, 0.2) is 95.9 Å². The van der Waals surface area contributed by atoms with Crippen LogP contribution in [0.4, 0.5) is 0 Å². The average molecular weight is 521 g/mol. The van der Waals surface area contributed by atoms with Crippen LogP contribution in [-0.2, 0) is 23.7 Å². The van der Waals surface area contributed by atoms with E-state index in [0.29, 0.717) is 11.1 Å². The highest BCUT2D eigenvalue weighted by Crippen LogP contribution is 2.51. The Morgan fingerprint density at radius 2 is 1.30 bits per heavy atom. The Bertz CT molecular complexity index is 1220. The van der Waals surface area contributed by atoms with Gasteiger partial charge in [-0.3, -0.25) is 0 Å². The number of carbonyl (C=O) groups is 2. The van der Waals surface area contributed by atoms with Crippen LogP contribution >= 0.6 is 11.8 Å². The van der Waals surface area contributed by atoms with E-state index in [4.69, 9.17) is 23.7 Å². The molecule has 5 rings (SSSR count). The van der Waals surface area contributed by atoms with Crippen LogP contribution in [0.1, 0.15) is 34.6 Å². The number of benzene rings is 3. The Morgan fingerprint density at radius 3 is 1.89 bits per heavy atom. The maximum atomic E-state index is 12.8. The van der Waals surface area contributed by atoms with Crippen LogP contribution in [0, 0.1) is 0 Å². The van der Waals surface area contributed by atoms with E-state index in [2.05, 4.69) is 0 Å². The molecular formula is C29H28O7S. The molecule has 2 heterocycles. The lowest BCUT2D eigenvalue weighted by Gasteiger charge is -2.33. The third kappa shape index (κ3) is 5.72. The van der Waals surface area contributed by atoms with E-state index in [9.17, 15) is 9.59 Å². The molecule has 0 aromatic heterocycles. The second kappa shape index (κ2) is 10.7. The molecule has 0 bridgehead atoms. The Balaban J connectivity index is 1.40. The lowest BCUT2D eigenvalue weighted by molar-refractivity contribution is -0.199. The Kier molecular flexibility index (Phi) is 7.35. The zero-order chi connectivity index (χ0) is 25.9. The average Bonchev–Trinajstić information content (AvgIpc) is 3.39. The van der Waals surface area contributed by atoms with Gasteiger partial charge in [-0.05, 0) is 50.2 Å². The second-order valence-corrected chi connectivity index (χ2v) is 10.7. The molecule has 37 heavy (non-hydrogen) atoms. The molecule has 2 saturated heterocycles. The van der Waals surface area contributed by atoms with Gasteiger partial charge in [0, 0.05) is 4.90 Å². The lowest BCUT2D eigenvalue weighted by atomic mass is 10.1. The minimum Gasteiger partial charge on any atom is -0.459 e. The van der Waals surface area contributed by atoms with Crippen molar-refractivity contribution in [2.45, 2.75) is 47.8 Å². The van der Waals surface area contributed by atoms with Gasteiger partial charge in [0.1, 0.15) is 31.5 Å². The summed E-state index contributed by atoms with van der Waals surface area (Å²) in [4.78, 5) is 25.2. The first-order chi connectivity index (χ1) is 17.9. The number of fused-ring (bicyclic) bond motifs is 1. The summed E-state index contributed by atoms with van der Waals surface area (Å²) in [6, 6.07) is 27.2. The molecule has 0 amide bonds. The molecule has 0 unspecified atom stereocenters. The second-order valence-electron chi connectivity index (χ2n) is 9.31. The fraction of sp³-hybridized carbons (Fsp3) is 0.310. The number of carbonyl (C=O) groups excluding carboxylic acids is 2.